The first-order chi connectivity index (χ1) is 5.74. The number of nitrogens with zero attached hydrogens (tertiary/aromatic N) is 1. The summed E-state index contributed by atoms with van der Waals surface area (Å²) in [4.78, 5) is 2.35. The van der Waals surface area contributed by atoms with E-state index in [2.05, 4.69) is 24.1 Å². The normalized spacial score (nSPS) is 29.8. The molecule has 0 aromatic heterocycles. The standard InChI is InChI=1S/C9H20N2O/c1-3-8(2)11-5-4-10-6-9(12)7-11/h8-10,12H,3-7H2,1-2H3. The summed E-state index contributed by atoms with van der Waals surface area (Å²) >= 11 is 0. The van der Waals surface area contributed by atoms with E-state index in [0.29, 0.717) is 6.04 Å². The van der Waals surface area contributed by atoms with Gasteiger partial charge in [0.25, 0.3) is 0 Å². The molecule has 0 spiro atoms. The molecule has 0 amide bonds. The van der Waals surface area contributed by atoms with Gasteiger partial charge in [-0.05, 0) is 13.3 Å². The van der Waals surface area contributed by atoms with Crippen molar-refractivity contribution in [3.05, 3.63) is 0 Å². The van der Waals surface area contributed by atoms with Crippen molar-refractivity contribution in [2.24, 2.45) is 0 Å². The number of aliphatic hydroxyl groups excluding tert-OH is 1. The molecule has 1 aliphatic heterocycles. The van der Waals surface area contributed by atoms with E-state index in [0.717, 1.165) is 32.6 Å². The highest BCUT2D eigenvalue weighted by Crippen LogP contribution is 2.05. The molecule has 0 saturated carbocycles. The Balaban J connectivity index is 2.40. The van der Waals surface area contributed by atoms with Crippen LogP contribution in [0.1, 0.15) is 20.3 Å². The van der Waals surface area contributed by atoms with Gasteiger partial charge in [-0.25, -0.2) is 0 Å². The molecule has 0 bridgehead atoms. The smallest absolute Gasteiger partial charge is 0.0791 e. The molecule has 1 heterocycles. The van der Waals surface area contributed by atoms with Gasteiger partial charge in [0, 0.05) is 32.2 Å². The predicted molar refractivity (Wildman–Crippen MR) is 50.2 cm³/mol. The van der Waals surface area contributed by atoms with Gasteiger partial charge in [-0.2, -0.15) is 0 Å². The Hall–Kier alpha value is -0.120. The lowest BCUT2D eigenvalue weighted by atomic mass is 10.2. The van der Waals surface area contributed by atoms with E-state index in [1.54, 1.807) is 0 Å². The molecule has 2 atom stereocenters. The molecular weight excluding hydrogens is 152 g/mol. The summed E-state index contributed by atoms with van der Waals surface area (Å²) in [6.07, 6.45) is 0.966. The van der Waals surface area contributed by atoms with Crippen molar-refractivity contribution in [2.75, 3.05) is 26.2 Å². The van der Waals surface area contributed by atoms with Gasteiger partial charge in [-0.3, -0.25) is 4.90 Å². The highest BCUT2D eigenvalue weighted by molar-refractivity contribution is 4.75. The van der Waals surface area contributed by atoms with E-state index in [9.17, 15) is 5.11 Å². The van der Waals surface area contributed by atoms with Gasteiger partial charge >= 0.3 is 0 Å². The number of hydrogen-bond acceptors (Lipinski definition) is 3. The van der Waals surface area contributed by atoms with Crippen LogP contribution in [-0.2, 0) is 0 Å². The first-order valence-electron chi connectivity index (χ1n) is 4.87. The van der Waals surface area contributed by atoms with E-state index in [1.807, 2.05) is 0 Å². The fourth-order valence-corrected chi connectivity index (χ4v) is 1.58. The summed E-state index contributed by atoms with van der Waals surface area (Å²) in [5.41, 5.74) is 0. The zero-order valence-corrected chi connectivity index (χ0v) is 8.08. The lowest BCUT2D eigenvalue weighted by molar-refractivity contribution is 0.109. The third-order valence-corrected chi connectivity index (χ3v) is 2.62. The minimum Gasteiger partial charge on any atom is -0.390 e. The molecule has 0 radical (unpaired) electrons. The molecule has 72 valence electrons. The van der Waals surface area contributed by atoms with Crippen LogP contribution in [0.4, 0.5) is 0 Å². The molecule has 1 rings (SSSR count). The van der Waals surface area contributed by atoms with Gasteiger partial charge in [0.1, 0.15) is 0 Å². The van der Waals surface area contributed by atoms with E-state index >= 15 is 0 Å². The average Bonchev–Trinajstić information content (AvgIpc) is 2.28. The maximum absolute atomic E-state index is 9.50. The van der Waals surface area contributed by atoms with Crippen molar-refractivity contribution < 1.29 is 5.11 Å². The molecular formula is C9H20N2O. The summed E-state index contributed by atoms with van der Waals surface area (Å²) in [5.74, 6) is 0. The topological polar surface area (TPSA) is 35.5 Å². The maximum Gasteiger partial charge on any atom is 0.0791 e. The molecule has 12 heavy (non-hydrogen) atoms. The molecule has 2 N–H and O–H groups in total. The molecule has 0 aromatic carbocycles. The van der Waals surface area contributed by atoms with Gasteiger partial charge in [0.2, 0.25) is 0 Å². The minimum atomic E-state index is -0.193. The van der Waals surface area contributed by atoms with Gasteiger partial charge in [-0.1, -0.05) is 6.92 Å². The van der Waals surface area contributed by atoms with Gasteiger partial charge in [-0.15, -0.1) is 0 Å². The van der Waals surface area contributed by atoms with Crippen LogP contribution < -0.4 is 5.32 Å². The first-order valence-corrected chi connectivity index (χ1v) is 4.87. The largest absolute Gasteiger partial charge is 0.390 e. The Bertz CT molecular complexity index is 130. The lowest BCUT2D eigenvalue weighted by Crippen LogP contribution is -2.38. The third kappa shape index (κ3) is 2.73. The third-order valence-electron chi connectivity index (χ3n) is 2.62. The number of nitrogens with one attached hydrogen (secondary N) is 1. The van der Waals surface area contributed by atoms with Crippen molar-refractivity contribution >= 4 is 0 Å². The molecule has 1 saturated heterocycles. The summed E-state index contributed by atoms with van der Waals surface area (Å²) in [5, 5.41) is 12.7. The van der Waals surface area contributed by atoms with Crippen LogP contribution in [0.25, 0.3) is 0 Å². The number of β-amino-alcohol motifs (C(OH)–C–C–N with tert-alkyl or cyclic N) is 1. The monoisotopic (exact) mass is 172 g/mol. The van der Waals surface area contributed by atoms with Crippen LogP contribution in [-0.4, -0.2) is 48.3 Å². The van der Waals surface area contributed by atoms with Crippen molar-refractivity contribution in [1.29, 1.82) is 0 Å². The fourth-order valence-electron chi connectivity index (χ4n) is 1.58. The molecule has 3 heteroatoms. The van der Waals surface area contributed by atoms with Crippen LogP contribution in [0.5, 0.6) is 0 Å². The van der Waals surface area contributed by atoms with Crippen LogP contribution in [0.3, 0.4) is 0 Å². The molecule has 0 aliphatic carbocycles. The SMILES string of the molecule is CCC(C)N1CCNCC(O)C1. The minimum absolute atomic E-state index is 0.193. The Morgan fingerprint density at radius 2 is 2.42 bits per heavy atom. The van der Waals surface area contributed by atoms with E-state index in [-0.39, 0.29) is 6.10 Å². The Morgan fingerprint density at radius 1 is 1.67 bits per heavy atom. The summed E-state index contributed by atoms with van der Waals surface area (Å²) < 4.78 is 0. The van der Waals surface area contributed by atoms with Crippen molar-refractivity contribution in [3.8, 4) is 0 Å². The van der Waals surface area contributed by atoms with Crippen LogP contribution in [0, 0.1) is 0 Å². The Kier molecular flexibility index (Phi) is 3.98. The predicted octanol–water partition coefficient (Wildman–Crippen LogP) is 0.0510. The molecule has 3 nitrogen and oxygen atoms in total. The van der Waals surface area contributed by atoms with Crippen molar-refractivity contribution in [2.45, 2.75) is 32.4 Å². The zero-order chi connectivity index (χ0) is 8.97. The maximum atomic E-state index is 9.50. The first kappa shape index (κ1) is 9.96. The summed E-state index contributed by atoms with van der Waals surface area (Å²) in [6.45, 7) is 8.04. The fraction of sp³-hybridized carbons (Fsp3) is 1.00. The Labute approximate surface area is 74.8 Å². The highest BCUT2D eigenvalue weighted by atomic mass is 16.3. The second-order valence-electron chi connectivity index (χ2n) is 3.61. The molecule has 1 aliphatic rings. The Morgan fingerprint density at radius 3 is 3.08 bits per heavy atom. The van der Waals surface area contributed by atoms with E-state index in [4.69, 9.17) is 0 Å². The van der Waals surface area contributed by atoms with E-state index < -0.39 is 0 Å². The summed E-state index contributed by atoms with van der Waals surface area (Å²) in [7, 11) is 0. The highest BCUT2D eigenvalue weighted by Gasteiger charge is 2.18. The quantitative estimate of drug-likeness (QED) is 0.618. The number of hydrogen-bond donors (Lipinski definition) is 2. The lowest BCUT2D eigenvalue weighted by Gasteiger charge is -2.27. The second-order valence-corrected chi connectivity index (χ2v) is 3.61. The van der Waals surface area contributed by atoms with Crippen molar-refractivity contribution in [1.82, 2.24) is 10.2 Å². The van der Waals surface area contributed by atoms with Crippen LogP contribution in [0.2, 0.25) is 0 Å². The molecule has 2 unspecified atom stereocenters. The van der Waals surface area contributed by atoms with Gasteiger partial charge < -0.3 is 10.4 Å². The van der Waals surface area contributed by atoms with E-state index in [1.165, 1.54) is 0 Å². The second kappa shape index (κ2) is 4.80. The van der Waals surface area contributed by atoms with Gasteiger partial charge in [0.05, 0.1) is 6.10 Å². The molecule has 0 aromatic rings. The zero-order valence-electron chi connectivity index (χ0n) is 8.08. The summed E-state index contributed by atoms with van der Waals surface area (Å²) in [6, 6.07) is 0.597. The van der Waals surface area contributed by atoms with Crippen LogP contribution in [0.15, 0.2) is 0 Å². The molecule has 1 fully saturated rings. The van der Waals surface area contributed by atoms with Gasteiger partial charge in [0.15, 0.2) is 0 Å². The van der Waals surface area contributed by atoms with Crippen LogP contribution >= 0.6 is 0 Å². The number of rotatable bonds is 2. The average molecular weight is 172 g/mol. The van der Waals surface area contributed by atoms with Crippen molar-refractivity contribution in [3.63, 3.8) is 0 Å². The number of aliphatic hydroxyl groups is 1.